The maximum atomic E-state index is 13.8. The predicted octanol–water partition coefficient (Wildman–Crippen LogP) is 17.9. The molecule has 0 heterocycles. The van der Waals surface area contributed by atoms with Crippen LogP contribution in [0.25, 0.3) is 0 Å². The van der Waals surface area contributed by atoms with Crippen LogP contribution in [0.2, 0.25) is 0 Å². The number of carbonyl (C=O) groups is 2. The van der Waals surface area contributed by atoms with E-state index in [2.05, 4.69) is 20.8 Å². The number of rotatable bonds is 50. The molecule has 0 spiro atoms. The predicted molar refractivity (Wildman–Crippen MR) is 251 cm³/mol. The average Bonchev–Trinajstić information content (AvgIpc) is 3.21. The van der Waals surface area contributed by atoms with Crippen molar-refractivity contribution in [3.8, 4) is 0 Å². The summed E-state index contributed by atoms with van der Waals surface area (Å²) in [5, 5.41) is 12.3. The van der Waals surface area contributed by atoms with Crippen molar-refractivity contribution in [3.05, 3.63) is 0 Å². The monoisotopic (exact) mass is 802 g/mol. The van der Waals surface area contributed by atoms with Crippen molar-refractivity contribution < 1.29 is 14.7 Å². The van der Waals surface area contributed by atoms with Crippen molar-refractivity contribution in [3.63, 3.8) is 0 Å². The minimum Gasteiger partial charge on any atom is -0.549 e. The van der Waals surface area contributed by atoms with Crippen LogP contribution >= 0.6 is 0 Å². The van der Waals surface area contributed by atoms with Gasteiger partial charge in [-0.2, -0.15) is 0 Å². The summed E-state index contributed by atoms with van der Waals surface area (Å²) >= 11 is 0. The fraction of sp³-hybridized carbons (Fsp3) is 0.963. The first-order chi connectivity index (χ1) is 28.1. The SMILES string of the molecule is CCCCCCCCCCCCCCCCCCC(CCCCCCCCCCCCCCCC)C(=O)C(CCCCCCCCCCCCCCCC)C(=O)[O-]. The number of unbranched alkanes of at least 4 members (excludes halogenated alkanes) is 41. The van der Waals surface area contributed by atoms with E-state index in [9.17, 15) is 14.7 Å². The number of hydrogen-bond donors (Lipinski definition) is 0. The molecule has 0 aromatic heterocycles. The molecule has 0 aliphatic heterocycles. The van der Waals surface area contributed by atoms with Gasteiger partial charge in [-0.1, -0.05) is 303 Å². The summed E-state index contributed by atoms with van der Waals surface area (Å²) in [5.74, 6) is -2.11. The molecule has 0 saturated heterocycles. The average molecular weight is 802 g/mol. The van der Waals surface area contributed by atoms with Gasteiger partial charge in [0.2, 0.25) is 0 Å². The molecule has 0 radical (unpaired) electrons. The Morgan fingerprint density at radius 1 is 0.281 bits per heavy atom. The van der Waals surface area contributed by atoms with Gasteiger partial charge in [0, 0.05) is 5.92 Å². The van der Waals surface area contributed by atoms with Gasteiger partial charge in [-0.25, -0.2) is 0 Å². The van der Waals surface area contributed by atoms with Gasteiger partial charge in [-0.3, -0.25) is 4.79 Å². The first-order valence-corrected chi connectivity index (χ1v) is 26.8. The Bertz CT molecular complexity index is 792. The van der Waals surface area contributed by atoms with Crippen LogP contribution < -0.4 is 5.11 Å². The normalized spacial score (nSPS) is 12.7. The van der Waals surface area contributed by atoms with Crippen LogP contribution in [-0.4, -0.2) is 11.8 Å². The molecule has 0 saturated carbocycles. The van der Waals surface area contributed by atoms with E-state index < -0.39 is 11.9 Å². The molecule has 2 atom stereocenters. The van der Waals surface area contributed by atoms with Gasteiger partial charge in [0.15, 0.2) is 0 Å². The van der Waals surface area contributed by atoms with Gasteiger partial charge < -0.3 is 9.90 Å². The Balaban J connectivity index is 4.43. The molecule has 340 valence electrons. The van der Waals surface area contributed by atoms with E-state index in [1.54, 1.807) is 0 Å². The topological polar surface area (TPSA) is 57.2 Å². The van der Waals surface area contributed by atoms with Crippen molar-refractivity contribution in [2.45, 2.75) is 323 Å². The van der Waals surface area contributed by atoms with E-state index >= 15 is 0 Å². The number of carboxylic acids is 1. The summed E-state index contributed by atoms with van der Waals surface area (Å²) in [6, 6.07) is 0. The lowest BCUT2D eigenvalue weighted by molar-refractivity contribution is -0.310. The van der Waals surface area contributed by atoms with Crippen LogP contribution in [0.3, 0.4) is 0 Å². The number of ketones is 1. The highest BCUT2D eigenvalue weighted by Crippen LogP contribution is 2.26. The highest BCUT2D eigenvalue weighted by atomic mass is 16.4. The van der Waals surface area contributed by atoms with Crippen molar-refractivity contribution >= 4 is 11.8 Å². The van der Waals surface area contributed by atoms with Crippen molar-refractivity contribution in [1.82, 2.24) is 0 Å². The first kappa shape index (κ1) is 56.1. The molecule has 0 aliphatic carbocycles. The zero-order valence-electron chi connectivity index (χ0n) is 39.6. The number of Topliss-reactive ketones (excluding diaryl/α,β-unsaturated/α-hetero) is 1. The van der Waals surface area contributed by atoms with Crippen molar-refractivity contribution in [1.29, 1.82) is 0 Å². The third kappa shape index (κ3) is 41.7. The molecule has 2 unspecified atom stereocenters. The smallest absolute Gasteiger partial charge is 0.144 e. The van der Waals surface area contributed by atoms with Crippen LogP contribution in [0.5, 0.6) is 0 Å². The lowest BCUT2D eigenvalue weighted by atomic mass is 9.82. The quantitative estimate of drug-likeness (QED) is 0.0455. The Labute approximate surface area is 359 Å². The van der Waals surface area contributed by atoms with Gasteiger partial charge >= 0.3 is 0 Å². The molecule has 0 fully saturated rings. The lowest BCUT2D eigenvalue weighted by Crippen LogP contribution is -2.39. The molecule has 0 aliphatic rings. The molecule has 57 heavy (non-hydrogen) atoms. The maximum Gasteiger partial charge on any atom is 0.144 e. The minimum absolute atomic E-state index is 0.000322. The van der Waals surface area contributed by atoms with E-state index in [1.165, 1.54) is 250 Å². The third-order valence-corrected chi connectivity index (χ3v) is 13.2. The van der Waals surface area contributed by atoms with Crippen LogP contribution in [0, 0.1) is 11.8 Å². The first-order valence-electron chi connectivity index (χ1n) is 26.8. The summed E-state index contributed by atoms with van der Waals surface area (Å²) in [5.41, 5.74) is 0. The lowest BCUT2D eigenvalue weighted by Gasteiger charge is -2.23. The van der Waals surface area contributed by atoms with Crippen LogP contribution in [0.1, 0.15) is 323 Å². The summed E-state index contributed by atoms with van der Waals surface area (Å²) in [6.45, 7) is 6.86. The van der Waals surface area contributed by atoms with Gasteiger partial charge in [0.1, 0.15) is 5.78 Å². The molecule has 0 aromatic carbocycles. The molecule has 0 N–H and O–H groups in total. The van der Waals surface area contributed by atoms with Crippen LogP contribution in [0.4, 0.5) is 0 Å². The Morgan fingerprint density at radius 2 is 0.456 bits per heavy atom. The number of aliphatic carboxylic acids is 1. The van der Waals surface area contributed by atoms with E-state index in [0.29, 0.717) is 6.42 Å². The number of hydrogen-bond acceptors (Lipinski definition) is 3. The van der Waals surface area contributed by atoms with Crippen LogP contribution in [0.15, 0.2) is 0 Å². The second kappa shape index (κ2) is 47.8. The summed E-state index contributed by atoms with van der Waals surface area (Å²) in [4.78, 5) is 26.1. The fourth-order valence-electron chi connectivity index (χ4n) is 9.16. The second-order valence-corrected chi connectivity index (χ2v) is 18.8. The van der Waals surface area contributed by atoms with Gasteiger partial charge in [0.05, 0.1) is 11.9 Å². The van der Waals surface area contributed by atoms with E-state index in [4.69, 9.17) is 0 Å². The van der Waals surface area contributed by atoms with E-state index in [0.717, 1.165) is 44.9 Å². The highest BCUT2D eigenvalue weighted by Gasteiger charge is 2.27. The number of carbonyl (C=O) groups excluding carboxylic acids is 2. The van der Waals surface area contributed by atoms with E-state index in [1.807, 2.05) is 0 Å². The minimum atomic E-state index is -1.12. The van der Waals surface area contributed by atoms with E-state index in [-0.39, 0.29) is 11.7 Å². The zero-order valence-corrected chi connectivity index (χ0v) is 39.6. The van der Waals surface area contributed by atoms with Crippen molar-refractivity contribution in [2.24, 2.45) is 11.8 Å². The van der Waals surface area contributed by atoms with Crippen LogP contribution in [-0.2, 0) is 9.59 Å². The molecule has 0 aromatic rings. The molecule has 3 heteroatoms. The number of carboxylic acid groups (broad SMARTS) is 1. The summed E-state index contributed by atoms with van der Waals surface area (Å²) in [6.07, 6.45) is 60.4. The maximum absolute atomic E-state index is 13.8. The second-order valence-electron chi connectivity index (χ2n) is 18.8. The summed E-state index contributed by atoms with van der Waals surface area (Å²) < 4.78 is 0. The summed E-state index contributed by atoms with van der Waals surface area (Å²) in [7, 11) is 0. The highest BCUT2D eigenvalue weighted by molar-refractivity contribution is 5.98. The standard InChI is InChI=1S/C54H106O3/c1-4-7-10-13-16-19-22-25-28-29-31-34-37-40-43-46-49-51(48-45-42-39-36-33-30-26-23-20-17-14-11-8-5-2)53(55)52(54(56)57)50-47-44-41-38-35-32-27-24-21-18-15-12-9-6-3/h51-52H,4-50H2,1-3H3,(H,56,57)/p-1. The Hall–Kier alpha value is -0.860. The van der Waals surface area contributed by atoms with Gasteiger partial charge in [-0.05, 0) is 19.3 Å². The Morgan fingerprint density at radius 3 is 0.649 bits per heavy atom. The largest absolute Gasteiger partial charge is 0.549 e. The van der Waals surface area contributed by atoms with Crippen molar-refractivity contribution in [2.75, 3.05) is 0 Å². The molecular formula is C54H105O3-. The molecule has 0 amide bonds. The molecular weight excluding hydrogens is 697 g/mol. The zero-order chi connectivity index (χ0) is 41.5. The third-order valence-electron chi connectivity index (χ3n) is 13.2. The molecule has 0 rings (SSSR count). The Kier molecular flexibility index (Phi) is 47.1. The van der Waals surface area contributed by atoms with Gasteiger partial charge in [-0.15, -0.1) is 0 Å². The molecule has 3 nitrogen and oxygen atoms in total. The van der Waals surface area contributed by atoms with Gasteiger partial charge in [0.25, 0.3) is 0 Å². The fourth-order valence-corrected chi connectivity index (χ4v) is 9.16. The molecule has 0 bridgehead atoms.